The molecule has 0 atom stereocenters. The van der Waals surface area contributed by atoms with Gasteiger partial charge in [0.05, 0.1) is 24.5 Å². The van der Waals surface area contributed by atoms with Crippen molar-refractivity contribution in [2.24, 2.45) is 0 Å². The predicted octanol–water partition coefficient (Wildman–Crippen LogP) is 4.79. The zero-order chi connectivity index (χ0) is 18.5. The van der Waals surface area contributed by atoms with Crippen LogP contribution in [-0.4, -0.2) is 23.0 Å². The number of benzene rings is 2. The summed E-state index contributed by atoms with van der Waals surface area (Å²) in [5.41, 5.74) is 1.53. The predicted molar refractivity (Wildman–Crippen MR) is 103 cm³/mol. The second-order valence-corrected chi connectivity index (χ2v) is 6.07. The van der Waals surface area contributed by atoms with Crippen LogP contribution in [0.1, 0.15) is 10.5 Å². The van der Waals surface area contributed by atoms with E-state index in [1.165, 1.54) is 19.5 Å². The lowest BCUT2D eigenvalue weighted by Gasteiger charge is -2.08. The molecule has 2 N–H and O–H groups in total. The van der Waals surface area contributed by atoms with E-state index in [0.29, 0.717) is 27.3 Å². The summed E-state index contributed by atoms with van der Waals surface area (Å²) in [6, 6.07) is 12.1. The van der Waals surface area contributed by atoms with Crippen LogP contribution in [0.4, 0.5) is 17.2 Å². The Morgan fingerprint density at radius 1 is 1.00 bits per heavy atom. The van der Waals surface area contributed by atoms with E-state index in [2.05, 4.69) is 20.6 Å². The number of rotatable bonds is 5. The Morgan fingerprint density at radius 2 is 1.73 bits per heavy atom. The van der Waals surface area contributed by atoms with Crippen LogP contribution < -0.4 is 15.4 Å². The summed E-state index contributed by atoms with van der Waals surface area (Å²) in [6.45, 7) is 0. The molecule has 0 bridgehead atoms. The highest BCUT2D eigenvalue weighted by atomic mass is 35.5. The standard InChI is InChI=1S/C18H14Cl2N4O2/c1-26-16-7-6-13(8-14(16)20)24-18(25)15-9-22-17(10-21-15)23-12-4-2-11(19)3-5-12/h2-10H,1H3,(H,22,23)(H,24,25). The van der Waals surface area contributed by atoms with Crippen LogP contribution in [0.2, 0.25) is 10.0 Å². The number of carbonyl (C=O) groups is 1. The van der Waals surface area contributed by atoms with E-state index in [4.69, 9.17) is 27.9 Å². The first-order chi connectivity index (χ1) is 12.5. The van der Waals surface area contributed by atoms with Gasteiger partial charge in [0.15, 0.2) is 0 Å². The third kappa shape index (κ3) is 4.41. The lowest BCUT2D eigenvalue weighted by molar-refractivity contribution is 0.102. The average Bonchev–Trinajstić information content (AvgIpc) is 2.64. The monoisotopic (exact) mass is 388 g/mol. The molecule has 0 aliphatic carbocycles. The van der Waals surface area contributed by atoms with E-state index in [-0.39, 0.29) is 5.69 Å². The van der Waals surface area contributed by atoms with Crippen LogP contribution in [0.5, 0.6) is 5.75 Å². The van der Waals surface area contributed by atoms with Gasteiger partial charge in [-0.25, -0.2) is 9.97 Å². The van der Waals surface area contributed by atoms with E-state index in [1.807, 2.05) is 12.1 Å². The molecule has 1 aromatic heterocycles. The van der Waals surface area contributed by atoms with Crippen molar-refractivity contribution in [1.82, 2.24) is 9.97 Å². The number of halogens is 2. The molecule has 1 heterocycles. The second-order valence-electron chi connectivity index (χ2n) is 5.22. The number of nitrogens with zero attached hydrogens (tertiary/aromatic N) is 2. The van der Waals surface area contributed by atoms with Gasteiger partial charge in [-0.1, -0.05) is 23.2 Å². The van der Waals surface area contributed by atoms with E-state index in [0.717, 1.165) is 5.69 Å². The van der Waals surface area contributed by atoms with Crippen LogP contribution in [0.15, 0.2) is 54.9 Å². The highest BCUT2D eigenvalue weighted by Crippen LogP contribution is 2.27. The number of hydrogen-bond acceptors (Lipinski definition) is 5. The molecule has 2 aromatic carbocycles. The number of aromatic nitrogens is 2. The highest BCUT2D eigenvalue weighted by molar-refractivity contribution is 6.32. The maximum absolute atomic E-state index is 12.3. The van der Waals surface area contributed by atoms with E-state index >= 15 is 0 Å². The van der Waals surface area contributed by atoms with Gasteiger partial charge in [0.2, 0.25) is 0 Å². The van der Waals surface area contributed by atoms with Crippen molar-refractivity contribution in [3.05, 3.63) is 70.6 Å². The van der Waals surface area contributed by atoms with Crippen molar-refractivity contribution in [3.63, 3.8) is 0 Å². The minimum Gasteiger partial charge on any atom is -0.495 e. The Kier molecular flexibility index (Phi) is 5.55. The van der Waals surface area contributed by atoms with Gasteiger partial charge in [-0.2, -0.15) is 0 Å². The van der Waals surface area contributed by atoms with Crippen molar-refractivity contribution in [1.29, 1.82) is 0 Å². The molecule has 0 aliphatic rings. The minimum absolute atomic E-state index is 0.179. The molecule has 0 unspecified atom stereocenters. The van der Waals surface area contributed by atoms with Crippen LogP contribution in [0.3, 0.4) is 0 Å². The van der Waals surface area contributed by atoms with Gasteiger partial charge in [-0.05, 0) is 42.5 Å². The number of carbonyl (C=O) groups excluding carboxylic acids is 1. The van der Waals surface area contributed by atoms with Gasteiger partial charge < -0.3 is 15.4 Å². The molecule has 0 aliphatic heterocycles. The molecule has 1 amide bonds. The third-order valence-electron chi connectivity index (χ3n) is 3.41. The van der Waals surface area contributed by atoms with E-state index < -0.39 is 5.91 Å². The maximum atomic E-state index is 12.3. The van der Waals surface area contributed by atoms with Gasteiger partial charge in [0.25, 0.3) is 5.91 Å². The number of hydrogen-bond donors (Lipinski definition) is 2. The number of methoxy groups -OCH3 is 1. The third-order valence-corrected chi connectivity index (χ3v) is 3.96. The minimum atomic E-state index is -0.392. The van der Waals surface area contributed by atoms with Crippen molar-refractivity contribution in [2.75, 3.05) is 17.7 Å². The van der Waals surface area contributed by atoms with E-state index in [1.54, 1.807) is 30.3 Å². The molecule has 6 nitrogen and oxygen atoms in total. The Labute approximate surface area is 160 Å². The molecule has 132 valence electrons. The number of nitrogens with one attached hydrogen (secondary N) is 2. The number of anilines is 3. The van der Waals surface area contributed by atoms with Crippen molar-refractivity contribution in [3.8, 4) is 5.75 Å². The smallest absolute Gasteiger partial charge is 0.275 e. The summed E-state index contributed by atoms with van der Waals surface area (Å²) in [4.78, 5) is 20.6. The van der Waals surface area contributed by atoms with Crippen molar-refractivity contribution >= 4 is 46.3 Å². The fourth-order valence-electron chi connectivity index (χ4n) is 2.13. The normalized spacial score (nSPS) is 10.3. The zero-order valence-electron chi connectivity index (χ0n) is 13.7. The SMILES string of the molecule is COc1ccc(NC(=O)c2cnc(Nc3ccc(Cl)cc3)cn2)cc1Cl. The molecule has 0 radical (unpaired) electrons. The zero-order valence-corrected chi connectivity index (χ0v) is 15.2. The first-order valence-electron chi connectivity index (χ1n) is 7.54. The van der Waals surface area contributed by atoms with Crippen LogP contribution in [0.25, 0.3) is 0 Å². The molecule has 0 saturated carbocycles. The lowest BCUT2D eigenvalue weighted by atomic mass is 10.3. The molecule has 0 spiro atoms. The van der Waals surface area contributed by atoms with Crippen LogP contribution in [-0.2, 0) is 0 Å². The fourth-order valence-corrected chi connectivity index (χ4v) is 2.51. The van der Waals surface area contributed by atoms with Crippen molar-refractivity contribution < 1.29 is 9.53 Å². The first kappa shape index (κ1) is 18.0. The Balaban J connectivity index is 1.66. The molecule has 3 aromatic rings. The topological polar surface area (TPSA) is 76.1 Å². The molecular weight excluding hydrogens is 375 g/mol. The molecule has 0 saturated heterocycles. The summed E-state index contributed by atoms with van der Waals surface area (Å²) in [6.07, 6.45) is 2.86. The Morgan fingerprint density at radius 3 is 2.35 bits per heavy atom. The Hall–Kier alpha value is -2.83. The van der Waals surface area contributed by atoms with E-state index in [9.17, 15) is 4.79 Å². The molecule has 0 fully saturated rings. The summed E-state index contributed by atoms with van der Waals surface area (Å²) in [5, 5.41) is 6.83. The summed E-state index contributed by atoms with van der Waals surface area (Å²) in [7, 11) is 1.52. The van der Waals surface area contributed by atoms with Gasteiger partial charge >= 0.3 is 0 Å². The summed E-state index contributed by atoms with van der Waals surface area (Å²) < 4.78 is 5.08. The first-order valence-corrected chi connectivity index (χ1v) is 8.30. The number of amides is 1. The number of ether oxygens (including phenoxy) is 1. The lowest BCUT2D eigenvalue weighted by Crippen LogP contribution is -2.14. The highest BCUT2D eigenvalue weighted by Gasteiger charge is 2.10. The fraction of sp³-hybridized carbons (Fsp3) is 0.0556. The molecular formula is C18H14Cl2N4O2. The summed E-state index contributed by atoms with van der Waals surface area (Å²) in [5.74, 6) is 0.648. The second kappa shape index (κ2) is 8.03. The van der Waals surface area contributed by atoms with Crippen molar-refractivity contribution in [2.45, 2.75) is 0 Å². The maximum Gasteiger partial charge on any atom is 0.275 e. The quantitative estimate of drug-likeness (QED) is 0.656. The van der Waals surface area contributed by atoms with Gasteiger partial charge in [0.1, 0.15) is 17.3 Å². The molecule has 8 heteroatoms. The van der Waals surface area contributed by atoms with Gasteiger partial charge in [-0.15, -0.1) is 0 Å². The van der Waals surface area contributed by atoms with Gasteiger partial charge in [0, 0.05) is 16.4 Å². The Bertz CT molecular complexity index is 915. The average molecular weight is 389 g/mol. The van der Waals surface area contributed by atoms with Crippen LogP contribution >= 0.6 is 23.2 Å². The van der Waals surface area contributed by atoms with Gasteiger partial charge in [-0.3, -0.25) is 4.79 Å². The molecule has 3 rings (SSSR count). The summed E-state index contributed by atoms with van der Waals surface area (Å²) >= 11 is 11.9. The van der Waals surface area contributed by atoms with Crippen LogP contribution in [0, 0.1) is 0 Å². The largest absolute Gasteiger partial charge is 0.495 e. The molecule has 26 heavy (non-hydrogen) atoms.